The molecule has 1 heterocycles. The van der Waals surface area contributed by atoms with Gasteiger partial charge >= 0.3 is 0 Å². The highest BCUT2D eigenvalue weighted by molar-refractivity contribution is 5.30. The van der Waals surface area contributed by atoms with Crippen LogP contribution in [0.2, 0.25) is 0 Å². The molecule has 2 aromatic rings. The zero-order valence-electron chi connectivity index (χ0n) is 10.3. The second-order valence-electron chi connectivity index (χ2n) is 4.77. The van der Waals surface area contributed by atoms with Crippen LogP contribution in [0.1, 0.15) is 55.0 Å². The van der Waals surface area contributed by atoms with Crippen LogP contribution in [-0.2, 0) is 0 Å². The topological polar surface area (TPSA) is 59.2 Å². The smallest absolute Gasteiger partial charge is 0.230 e. The molecule has 4 heteroatoms. The van der Waals surface area contributed by atoms with Gasteiger partial charge in [-0.15, -0.1) is 0 Å². The fraction of sp³-hybridized carbons (Fsp3) is 0.429. The third kappa shape index (κ3) is 2.04. The summed E-state index contributed by atoms with van der Waals surface area (Å²) in [5, 5.41) is 13.5. The molecule has 1 fully saturated rings. The predicted molar refractivity (Wildman–Crippen MR) is 66.1 cm³/mol. The van der Waals surface area contributed by atoms with Gasteiger partial charge < -0.3 is 9.63 Å². The molecule has 3 atom stereocenters. The van der Waals surface area contributed by atoms with Gasteiger partial charge in [0.15, 0.2) is 5.82 Å². The Hall–Kier alpha value is -1.68. The molecule has 3 unspecified atom stereocenters. The van der Waals surface area contributed by atoms with Crippen molar-refractivity contribution in [2.45, 2.75) is 37.7 Å². The Kier molecular flexibility index (Phi) is 2.88. The van der Waals surface area contributed by atoms with E-state index in [2.05, 4.69) is 22.3 Å². The summed E-state index contributed by atoms with van der Waals surface area (Å²) in [5.74, 6) is 1.87. The first-order valence-electron chi connectivity index (χ1n) is 6.36. The fourth-order valence-corrected chi connectivity index (χ4v) is 2.25. The Morgan fingerprint density at radius 2 is 2.11 bits per heavy atom. The Bertz CT molecular complexity index is 524. The van der Waals surface area contributed by atoms with Gasteiger partial charge in [0, 0.05) is 5.92 Å². The van der Waals surface area contributed by atoms with Crippen LogP contribution in [0.3, 0.4) is 0 Å². The predicted octanol–water partition coefficient (Wildman–Crippen LogP) is 2.78. The summed E-state index contributed by atoms with van der Waals surface area (Å²) in [7, 11) is 0. The van der Waals surface area contributed by atoms with E-state index in [1.165, 1.54) is 5.56 Å². The van der Waals surface area contributed by atoms with Gasteiger partial charge in [0.25, 0.3) is 0 Å². The summed E-state index contributed by atoms with van der Waals surface area (Å²) in [4.78, 5) is 4.29. The van der Waals surface area contributed by atoms with Gasteiger partial charge in [0.2, 0.25) is 5.89 Å². The molecule has 0 radical (unpaired) electrons. The minimum Gasteiger partial charge on any atom is -0.385 e. The van der Waals surface area contributed by atoms with Gasteiger partial charge in [-0.1, -0.05) is 42.4 Å². The second-order valence-corrected chi connectivity index (χ2v) is 4.77. The minimum absolute atomic E-state index is 0.317. The number of benzene rings is 1. The lowest BCUT2D eigenvalue weighted by atomic mass is 10.1. The van der Waals surface area contributed by atoms with E-state index in [0.29, 0.717) is 30.0 Å². The number of nitrogens with zero attached hydrogens (tertiary/aromatic N) is 2. The van der Waals surface area contributed by atoms with E-state index in [0.717, 1.165) is 6.42 Å². The maximum absolute atomic E-state index is 9.64. The van der Waals surface area contributed by atoms with Gasteiger partial charge in [-0.05, 0) is 24.3 Å². The van der Waals surface area contributed by atoms with Crippen molar-refractivity contribution in [2.24, 2.45) is 0 Å². The van der Waals surface area contributed by atoms with E-state index >= 15 is 0 Å². The normalized spacial score (nSPS) is 23.9. The van der Waals surface area contributed by atoms with Gasteiger partial charge in [0.1, 0.15) is 6.10 Å². The lowest BCUT2D eigenvalue weighted by Gasteiger charge is -1.98. The maximum Gasteiger partial charge on any atom is 0.230 e. The lowest BCUT2D eigenvalue weighted by molar-refractivity contribution is 0.159. The van der Waals surface area contributed by atoms with Crippen LogP contribution < -0.4 is 0 Å². The van der Waals surface area contributed by atoms with E-state index in [1.807, 2.05) is 25.1 Å². The maximum atomic E-state index is 9.64. The number of aliphatic hydroxyl groups excluding tert-OH is 1. The van der Waals surface area contributed by atoms with Crippen molar-refractivity contribution in [3.8, 4) is 0 Å². The minimum atomic E-state index is -0.614. The molecule has 0 aliphatic heterocycles. The molecule has 94 valence electrons. The van der Waals surface area contributed by atoms with Crippen molar-refractivity contribution in [2.75, 3.05) is 0 Å². The third-order valence-electron chi connectivity index (χ3n) is 3.48. The van der Waals surface area contributed by atoms with Crippen molar-refractivity contribution in [1.82, 2.24) is 10.1 Å². The van der Waals surface area contributed by atoms with Gasteiger partial charge in [-0.3, -0.25) is 0 Å². The van der Waals surface area contributed by atoms with Crippen molar-refractivity contribution in [3.63, 3.8) is 0 Å². The van der Waals surface area contributed by atoms with E-state index in [1.54, 1.807) is 0 Å². The fourth-order valence-electron chi connectivity index (χ4n) is 2.25. The molecular formula is C14H16N2O2. The molecule has 1 aromatic heterocycles. The largest absolute Gasteiger partial charge is 0.385 e. The molecule has 1 aliphatic rings. The second kappa shape index (κ2) is 4.53. The van der Waals surface area contributed by atoms with Gasteiger partial charge in [-0.25, -0.2) is 0 Å². The van der Waals surface area contributed by atoms with Crippen molar-refractivity contribution >= 4 is 0 Å². The molecule has 4 nitrogen and oxygen atoms in total. The van der Waals surface area contributed by atoms with Crippen LogP contribution >= 0.6 is 0 Å². The Morgan fingerprint density at radius 1 is 1.33 bits per heavy atom. The van der Waals surface area contributed by atoms with Crippen LogP contribution in [0.15, 0.2) is 34.9 Å². The third-order valence-corrected chi connectivity index (χ3v) is 3.48. The van der Waals surface area contributed by atoms with Crippen LogP contribution in [0.5, 0.6) is 0 Å². The molecule has 0 bridgehead atoms. The first-order chi connectivity index (χ1) is 8.79. The van der Waals surface area contributed by atoms with Crippen LogP contribution in [0, 0.1) is 0 Å². The van der Waals surface area contributed by atoms with Gasteiger partial charge in [0.05, 0.1) is 0 Å². The van der Waals surface area contributed by atoms with Crippen molar-refractivity contribution in [3.05, 3.63) is 47.6 Å². The SMILES string of the molecule is CCC(O)c1noc(C2CC2c2ccccc2)n1. The quantitative estimate of drug-likeness (QED) is 0.898. The first-order valence-corrected chi connectivity index (χ1v) is 6.36. The van der Waals surface area contributed by atoms with Crippen molar-refractivity contribution in [1.29, 1.82) is 0 Å². The highest BCUT2D eigenvalue weighted by Gasteiger charge is 2.43. The van der Waals surface area contributed by atoms with E-state index in [4.69, 9.17) is 4.52 Å². The molecule has 1 N–H and O–H groups in total. The molecule has 1 aliphatic carbocycles. The molecule has 0 amide bonds. The highest BCUT2D eigenvalue weighted by atomic mass is 16.5. The zero-order valence-corrected chi connectivity index (χ0v) is 10.3. The molecule has 3 rings (SSSR count). The van der Waals surface area contributed by atoms with E-state index in [9.17, 15) is 5.11 Å². The van der Waals surface area contributed by atoms with Crippen LogP contribution in [0.25, 0.3) is 0 Å². The monoisotopic (exact) mass is 244 g/mol. The molecule has 0 spiro atoms. The Morgan fingerprint density at radius 3 is 2.83 bits per heavy atom. The van der Waals surface area contributed by atoms with Crippen LogP contribution in [0.4, 0.5) is 0 Å². The summed E-state index contributed by atoms with van der Waals surface area (Å²) in [6.07, 6.45) is 1.04. The first kappa shape index (κ1) is 11.4. The number of hydrogen-bond donors (Lipinski definition) is 1. The average Bonchev–Trinajstić information content (AvgIpc) is 3.08. The summed E-state index contributed by atoms with van der Waals surface area (Å²) in [6.45, 7) is 1.89. The summed E-state index contributed by atoms with van der Waals surface area (Å²) in [5.41, 5.74) is 1.32. The zero-order chi connectivity index (χ0) is 12.5. The standard InChI is InChI=1S/C14H16N2O2/c1-2-12(17)13-15-14(18-16-13)11-8-10(11)9-6-4-3-5-7-9/h3-7,10-12,17H,2,8H2,1H3. The number of aliphatic hydroxyl groups is 1. The molecule has 0 saturated heterocycles. The lowest BCUT2D eigenvalue weighted by Crippen LogP contribution is -1.97. The Labute approximate surface area is 106 Å². The molecule has 18 heavy (non-hydrogen) atoms. The number of rotatable bonds is 4. The summed E-state index contributed by atoms with van der Waals surface area (Å²) >= 11 is 0. The van der Waals surface area contributed by atoms with Crippen LogP contribution in [-0.4, -0.2) is 15.2 Å². The van der Waals surface area contributed by atoms with E-state index < -0.39 is 6.10 Å². The molecule has 1 saturated carbocycles. The number of aromatic nitrogens is 2. The number of hydrogen-bond acceptors (Lipinski definition) is 4. The molecule has 1 aromatic carbocycles. The summed E-state index contributed by atoms with van der Waals surface area (Å²) in [6, 6.07) is 10.4. The Balaban J connectivity index is 1.73. The summed E-state index contributed by atoms with van der Waals surface area (Å²) < 4.78 is 5.24. The average molecular weight is 244 g/mol. The van der Waals surface area contributed by atoms with Gasteiger partial charge in [-0.2, -0.15) is 4.98 Å². The van der Waals surface area contributed by atoms with E-state index in [-0.39, 0.29) is 0 Å². The van der Waals surface area contributed by atoms with Crippen molar-refractivity contribution < 1.29 is 9.63 Å². The molecular weight excluding hydrogens is 228 g/mol. The highest BCUT2D eigenvalue weighted by Crippen LogP contribution is 2.54.